The van der Waals surface area contributed by atoms with E-state index in [1.54, 1.807) is 6.92 Å². The van der Waals surface area contributed by atoms with Crippen molar-refractivity contribution in [2.45, 2.75) is 6.92 Å². The minimum atomic E-state index is -0.495. The van der Waals surface area contributed by atoms with Gasteiger partial charge in [0.1, 0.15) is 5.75 Å². The minimum absolute atomic E-state index is 0.317. The van der Waals surface area contributed by atoms with Crippen molar-refractivity contribution >= 4 is 11.9 Å². The van der Waals surface area contributed by atoms with Gasteiger partial charge in [-0.3, -0.25) is 0 Å². The van der Waals surface area contributed by atoms with Crippen LogP contribution in [0.15, 0.2) is 36.4 Å². The zero-order chi connectivity index (χ0) is 12.1. The molecule has 0 aliphatic heterocycles. The van der Waals surface area contributed by atoms with E-state index in [1.807, 2.05) is 0 Å². The Kier molecular flexibility index (Phi) is 3.83. The molecule has 4 heteroatoms. The Balaban J connectivity index is 2.76. The first kappa shape index (κ1) is 12.0. The van der Waals surface area contributed by atoms with Gasteiger partial charge in [-0.25, -0.2) is 9.59 Å². The lowest BCUT2D eigenvalue weighted by Gasteiger charge is -2.04. The molecule has 0 fully saturated rings. The Morgan fingerprint density at radius 2 is 1.75 bits per heavy atom. The van der Waals surface area contributed by atoms with Gasteiger partial charge in [0.2, 0.25) is 0 Å². The van der Waals surface area contributed by atoms with Crippen LogP contribution in [0.2, 0.25) is 0 Å². The summed E-state index contributed by atoms with van der Waals surface area (Å²) >= 11 is 0. The number of methoxy groups -OCH3 is 1. The average Bonchev–Trinajstić information content (AvgIpc) is 2.28. The van der Waals surface area contributed by atoms with Crippen molar-refractivity contribution in [2.75, 3.05) is 7.11 Å². The summed E-state index contributed by atoms with van der Waals surface area (Å²) in [5.41, 5.74) is 0.717. The standard InChI is InChI=1S/C12H12O4/c1-8(2)11(13)16-10-6-4-9(5-7-10)12(14)15-3/h4-7H,1H2,2-3H3. The summed E-state index contributed by atoms with van der Waals surface area (Å²) in [4.78, 5) is 22.3. The largest absolute Gasteiger partial charge is 0.465 e. The fourth-order valence-electron chi connectivity index (χ4n) is 0.971. The molecule has 0 saturated carbocycles. The Morgan fingerprint density at radius 3 is 2.19 bits per heavy atom. The Bertz CT molecular complexity index is 417. The van der Waals surface area contributed by atoms with Crippen LogP contribution in [0, 0.1) is 0 Å². The van der Waals surface area contributed by atoms with Gasteiger partial charge in [-0.1, -0.05) is 6.58 Å². The first-order chi connectivity index (χ1) is 7.54. The van der Waals surface area contributed by atoms with E-state index in [2.05, 4.69) is 11.3 Å². The third-order valence-corrected chi connectivity index (χ3v) is 1.83. The van der Waals surface area contributed by atoms with Crippen molar-refractivity contribution in [1.29, 1.82) is 0 Å². The lowest BCUT2D eigenvalue weighted by atomic mass is 10.2. The van der Waals surface area contributed by atoms with Gasteiger partial charge in [0.15, 0.2) is 0 Å². The van der Waals surface area contributed by atoms with Crippen LogP contribution in [0.25, 0.3) is 0 Å². The van der Waals surface area contributed by atoms with Gasteiger partial charge in [0.05, 0.1) is 12.7 Å². The highest BCUT2D eigenvalue weighted by Gasteiger charge is 2.07. The van der Waals surface area contributed by atoms with E-state index in [0.29, 0.717) is 16.9 Å². The summed E-state index contributed by atoms with van der Waals surface area (Å²) in [5, 5.41) is 0. The maximum atomic E-state index is 11.2. The summed E-state index contributed by atoms with van der Waals surface area (Å²) in [6, 6.07) is 6.08. The molecule has 4 nitrogen and oxygen atoms in total. The van der Waals surface area contributed by atoms with Gasteiger partial charge in [-0.2, -0.15) is 0 Å². The van der Waals surface area contributed by atoms with E-state index in [-0.39, 0.29) is 0 Å². The second kappa shape index (κ2) is 5.11. The zero-order valence-corrected chi connectivity index (χ0v) is 9.15. The van der Waals surface area contributed by atoms with Gasteiger partial charge in [-0.15, -0.1) is 0 Å². The number of benzene rings is 1. The highest BCUT2D eigenvalue weighted by atomic mass is 16.5. The molecule has 0 saturated heterocycles. The molecule has 0 aliphatic rings. The topological polar surface area (TPSA) is 52.6 Å². The van der Waals surface area contributed by atoms with Crippen LogP contribution in [0.5, 0.6) is 5.75 Å². The van der Waals surface area contributed by atoms with Gasteiger partial charge in [0.25, 0.3) is 0 Å². The summed E-state index contributed by atoms with van der Waals surface area (Å²) < 4.78 is 9.49. The number of ether oxygens (including phenoxy) is 2. The molecule has 0 N–H and O–H groups in total. The molecule has 16 heavy (non-hydrogen) atoms. The highest BCUT2D eigenvalue weighted by molar-refractivity contribution is 5.90. The fraction of sp³-hybridized carbons (Fsp3) is 0.167. The van der Waals surface area contributed by atoms with Crippen LogP contribution >= 0.6 is 0 Å². The first-order valence-corrected chi connectivity index (χ1v) is 4.60. The van der Waals surface area contributed by atoms with Crippen molar-refractivity contribution in [1.82, 2.24) is 0 Å². The van der Waals surface area contributed by atoms with Crippen LogP contribution in [0.1, 0.15) is 17.3 Å². The quantitative estimate of drug-likeness (QED) is 0.444. The van der Waals surface area contributed by atoms with Crippen molar-refractivity contribution < 1.29 is 19.1 Å². The van der Waals surface area contributed by atoms with E-state index >= 15 is 0 Å². The Morgan fingerprint density at radius 1 is 1.19 bits per heavy atom. The van der Waals surface area contributed by atoms with Crippen molar-refractivity contribution in [3.63, 3.8) is 0 Å². The summed E-state index contributed by atoms with van der Waals surface area (Å²) in [6.45, 7) is 5.02. The monoisotopic (exact) mass is 220 g/mol. The molecule has 1 aromatic carbocycles. The molecule has 0 amide bonds. The normalized spacial score (nSPS) is 9.38. The average molecular weight is 220 g/mol. The number of esters is 2. The first-order valence-electron chi connectivity index (χ1n) is 4.60. The number of hydrogen-bond acceptors (Lipinski definition) is 4. The predicted octanol–water partition coefficient (Wildman–Crippen LogP) is 1.95. The molecule has 0 spiro atoms. The van der Waals surface area contributed by atoms with E-state index in [1.165, 1.54) is 31.4 Å². The SMILES string of the molecule is C=C(C)C(=O)Oc1ccc(C(=O)OC)cc1. The molecular formula is C12H12O4. The van der Waals surface area contributed by atoms with Crippen LogP contribution in [0.3, 0.4) is 0 Å². The molecule has 0 bridgehead atoms. The molecule has 1 aromatic rings. The van der Waals surface area contributed by atoms with Crippen LogP contribution in [-0.4, -0.2) is 19.0 Å². The summed E-state index contributed by atoms with van der Waals surface area (Å²) in [5.74, 6) is -0.566. The van der Waals surface area contributed by atoms with Crippen LogP contribution < -0.4 is 4.74 Å². The molecule has 1 rings (SSSR count). The predicted molar refractivity (Wildman–Crippen MR) is 58.2 cm³/mol. The van der Waals surface area contributed by atoms with Gasteiger partial charge < -0.3 is 9.47 Å². The molecule has 0 unspecified atom stereocenters. The van der Waals surface area contributed by atoms with E-state index in [4.69, 9.17) is 4.74 Å². The van der Waals surface area contributed by atoms with E-state index < -0.39 is 11.9 Å². The smallest absolute Gasteiger partial charge is 0.338 e. The summed E-state index contributed by atoms with van der Waals surface area (Å²) in [7, 11) is 1.30. The zero-order valence-electron chi connectivity index (χ0n) is 9.15. The second-order valence-electron chi connectivity index (χ2n) is 3.19. The van der Waals surface area contributed by atoms with Crippen LogP contribution in [0.4, 0.5) is 0 Å². The molecule has 0 aromatic heterocycles. The summed E-state index contributed by atoms with van der Waals surface area (Å²) in [6.07, 6.45) is 0. The molecule has 0 radical (unpaired) electrons. The molecule has 0 aliphatic carbocycles. The van der Waals surface area contributed by atoms with E-state index in [9.17, 15) is 9.59 Å². The van der Waals surface area contributed by atoms with Crippen molar-refractivity contribution in [3.05, 3.63) is 42.0 Å². The lowest BCUT2D eigenvalue weighted by molar-refractivity contribution is -0.130. The third-order valence-electron chi connectivity index (χ3n) is 1.83. The maximum Gasteiger partial charge on any atom is 0.338 e. The Labute approximate surface area is 93.5 Å². The van der Waals surface area contributed by atoms with Crippen molar-refractivity contribution in [2.24, 2.45) is 0 Å². The number of rotatable bonds is 3. The molecular weight excluding hydrogens is 208 g/mol. The molecule has 0 atom stereocenters. The molecule has 84 valence electrons. The number of carbonyl (C=O) groups excluding carboxylic acids is 2. The highest BCUT2D eigenvalue weighted by Crippen LogP contribution is 2.13. The third kappa shape index (κ3) is 2.95. The minimum Gasteiger partial charge on any atom is -0.465 e. The number of carbonyl (C=O) groups is 2. The number of hydrogen-bond donors (Lipinski definition) is 0. The fourth-order valence-corrected chi connectivity index (χ4v) is 0.971. The van der Waals surface area contributed by atoms with Crippen molar-refractivity contribution in [3.8, 4) is 5.75 Å². The van der Waals surface area contributed by atoms with Gasteiger partial charge in [-0.05, 0) is 31.2 Å². The Hall–Kier alpha value is -2.10. The lowest BCUT2D eigenvalue weighted by Crippen LogP contribution is -2.08. The van der Waals surface area contributed by atoms with Gasteiger partial charge >= 0.3 is 11.9 Å². The maximum absolute atomic E-state index is 11.2. The molecule has 0 heterocycles. The van der Waals surface area contributed by atoms with Gasteiger partial charge in [0, 0.05) is 5.57 Å². The van der Waals surface area contributed by atoms with E-state index in [0.717, 1.165) is 0 Å². The van der Waals surface area contributed by atoms with Crippen LogP contribution in [-0.2, 0) is 9.53 Å². The second-order valence-corrected chi connectivity index (χ2v) is 3.19.